The van der Waals surface area contributed by atoms with Crippen LogP contribution >= 0.6 is 0 Å². The summed E-state index contributed by atoms with van der Waals surface area (Å²) in [7, 11) is 1.64. The molecule has 0 saturated carbocycles. The Morgan fingerprint density at radius 2 is 1.64 bits per heavy atom. The molecule has 6 nitrogen and oxygen atoms in total. The summed E-state index contributed by atoms with van der Waals surface area (Å²) in [5, 5.41) is 8.51. The van der Waals surface area contributed by atoms with Crippen LogP contribution in [0.5, 0.6) is 5.75 Å². The monoisotopic (exact) mass is 476 g/mol. The zero-order valence-corrected chi connectivity index (χ0v) is 20.9. The standard InChI is InChI=1S/C30H28N4O2/c1-19-5-10-23(11-6-19)34-21(3)27(18-32-34)29-16-26(25-15-20(2)7-14-28(25)33-29)30(35)31-17-22-8-12-24(36-4)13-9-22/h5-16,18H,17H2,1-4H3,(H,31,35). The van der Waals surface area contributed by atoms with E-state index in [0.29, 0.717) is 12.1 Å². The van der Waals surface area contributed by atoms with Crippen molar-refractivity contribution in [1.29, 1.82) is 0 Å². The SMILES string of the molecule is COc1ccc(CNC(=O)c2cc(-c3cnn(-c4ccc(C)cc4)c3C)nc3ccc(C)cc23)cc1. The minimum Gasteiger partial charge on any atom is -0.497 e. The van der Waals surface area contributed by atoms with E-state index in [4.69, 9.17) is 9.72 Å². The first-order valence-electron chi connectivity index (χ1n) is 11.9. The average molecular weight is 477 g/mol. The molecule has 0 unspecified atom stereocenters. The number of carbonyl (C=O) groups is 1. The molecular formula is C30H28N4O2. The first-order chi connectivity index (χ1) is 17.4. The second-order valence-corrected chi connectivity index (χ2v) is 9.00. The van der Waals surface area contributed by atoms with Crippen LogP contribution in [0.2, 0.25) is 0 Å². The van der Waals surface area contributed by atoms with Gasteiger partial charge in [-0.15, -0.1) is 0 Å². The molecule has 3 aromatic carbocycles. The van der Waals surface area contributed by atoms with Gasteiger partial charge in [0.05, 0.1) is 41.5 Å². The van der Waals surface area contributed by atoms with E-state index in [1.165, 1.54) is 5.56 Å². The Kier molecular flexibility index (Phi) is 6.25. The summed E-state index contributed by atoms with van der Waals surface area (Å²) in [4.78, 5) is 18.3. The van der Waals surface area contributed by atoms with E-state index in [2.05, 4.69) is 29.5 Å². The second kappa shape index (κ2) is 9.66. The summed E-state index contributed by atoms with van der Waals surface area (Å²) >= 11 is 0. The molecule has 180 valence electrons. The number of pyridine rings is 1. The first kappa shape index (κ1) is 23.3. The predicted molar refractivity (Wildman–Crippen MR) is 143 cm³/mol. The van der Waals surface area contributed by atoms with Crippen molar-refractivity contribution in [3.05, 3.63) is 107 Å². The van der Waals surface area contributed by atoms with Crippen LogP contribution in [-0.4, -0.2) is 27.8 Å². The number of amides is 1. The number of ether oxygens (including phenoxy) is 1. The largest absolute Gasteiger partial charge is 0.497 e. The maximum Gasteiger partial charge on any atom is 0.252 e. The number of hydrogen-bond acceptors (Lipinski definition) is 4. The molecule has 2 aromatic heterocycles. The Morgan fingerprint density at radius 3 is 2.36 bits per heavy atom. The number of rotatable bonds is 6. The van der Waals surface area contributed by atoms with Crippen LogP contribution in [0.3, 0.4) is 0 Å². The van der Waals surface area contributed by atoms with Crippen LogP contribution in [0, 0.1) is 20.8 Å². The van der Waals surface area contributed by atoms with Crippen molar-refractivity contribution < 1.29 is 9.53 Å². The van der Waals surface area contributed by atoms with Gasteiger partial charge in [-0.1, -0.05) is 41.5 Å². The lowest BCUT2D eigenvalue weighted by molar-refractivity contribution is 0.0952. The van der Waals surface area contributed by atoms with Crippen LogP contribution in [0.4, 0.5) is 0 Å². The Labute approximate surface area is 210 Å². The maximum absolute atomic E-state index is 13.4. The number of carbonyl (C=O) groups excluding carboxylic acids is 1. The Bertz CT molecular complexity index is 1550. The quantitative estimate of drug-likeness (QED) is 0.329. The number of hydrogen-bond donors (Lipinski definition) is 1. The van der Waals surface area contributed by atoms with Crippen LogP contribution in [0.25, 0.3) is 27.8 Å². The second-order valence-electron chi connectivity index (χ2n) is 9.00. The molecule has 0 atom stereocenters. The molecule has 2 heterocycles. The fourth-order valence-electron chi connectivity index (χ4n) is 4.29. The van der Waals surface area contributed by atoms with Crippen molar-refractivity contribution in [2.45, 2.75) is 27.3 Å². The van der Waals surface area contributed by atoms with Gasteiger partial charge in [-0.05, 0) is 68.8 Å². The van der Waals surface area contributed by atoms with Crippen molar-refractivity contribution in [3.8, 4) is 22.7 Å². The van der Waals surface area contributed by atoms with Gasteiger partial charge in [-0.2, -0.15) is 5.10 Å². The van der Waals surface area contributed by atoms with Gasteiger partial charge >= 0.3 is 0 Å². The highest BCUT2D eigenvalue weighted by Gasteiger charge is 2.17. The normalized spacial score (nSPS) is 11.0. The van der Waals surface area contributed by atoms with E-state index in [-0.39, 0.29) is 5.91 Å². The Morgan fingerprint density at radius 1 is 0.917 bits per heavy atom. The number of benzene rings is 3. The van der Waals surface area contributed by atoms with Crippen LogP contribution in [-0.2, 0) is 6.54 Å². The molecule has 0 aliphatic heterocycles. The lowest BCUT2D eigenvalue weighted by Gasteiger charge is -2.12. The van der Waals surface area contributed by atoms with E-state index in [1.54, 1.807) is 7.11 Å². The highest BCUT2D eigenvalue weighted by atomic mass is 16.5. The van der Waals surface area contributed by atoms with Gasteiger partial charge in [-0.3, -0.25) is 4.79 Å². The van der Waals surface area contributed by atoms with Gasteiger partial charge in [0.2, 0.25) is 0 Å². The fraction of sp³-hybridized carbons (Fsp3) is 0.167. The van der Waals surface area contributed by atoms with Crippen LogP contribution in [0.15, 0.2) is 79.0 Å². The summed E-state index contributed by atoms with van der Waals surface area (Å²) in [5.41, 5.74) is 8.18. The smallest absolute Gasteiger partial charge is 0.252 e. The average Bonchev–Trinajstić information content (AvgIpc) is 3.28. The summed E-state index contributed by atoms with van der Waals surface area (Å²) in [6.45, 7) is 6.51. The molecule has 0 bridgehead atoms. The summed E-state index contributed by atoms with van der Waals surface area (Å²) in [6.07, 6.45) is 1.82. The first-order valence-corrected chi connectivity index (χ1v) is 11.9. The highest BCUT2D eigenvalue weighted by molar-refractivity contribution is 6.07. The van der Waals surface area contributed by atoms with Gasteiger partial charge in [-0.25, -0.2) is 9.67 Å². The molecule has 5 aromatic rings. The number of nitrogens with one attached hydrogen (secondary N) is 1. The summed E-state index contributed by atoms with van der Waals surface area (Å²) < 4.78 is 7.12. The van der Waals surface area contributed by atoms with Gasteiger partial charge in [0.1, 0.15) is 5.75 Å². The van der Waals surface area contributed by atoms with Crippen molar-refractivity contribution in [2.24, 2.45) is 0 Å². The summed E-state index contributed by atoms with van der Waals surface area (Å²) in [6, 6.07) is 23.8. The molecule has 1 N–H and O–H groups in total. The van der Waals surface area contributed by atoms with Gasteiger partial charge in [0.25, 0.3) is 5.91 Å². The van der Waals surface area contributed by atoms with Crippen molar-refractivity contribution >= 4 is 16.8 Å². The molecule has 0 radical (unpaired) electrons. The topological polar surface area (TPSA) is 69.0 Å². The number of fused-ring (bicyclic) bond motifs is 1. The summed E-state index contributed by atoms with van der Waals surface area (Å²) in [5.74, 6) is 0.639. The molecule has 36 heavy (non-hydrogen) atoms. The van der Waals surface area contributed by atoms with Crippen molar-refractivity contribution in [2.75, 3.05) is 7.11 Å². The Hall–Kier alpha value is -4.45. The number of nitrogens with zero attached hydrogens (tertiary/aromatic N) is 3. The lowest BCUT2D eigenvalue weighted by Crippen LogP contribution is -2.23. The fourth-order valence-corrected chi connectivity index (χ4v) is 4.29. The third kappa shape index (κ3) is 4.58. The van der Waals surface area contributed by atoms with E-state index < -0.39 is 0 Å². The maximum atomic E-state index is 13.4. The zero-order chi connectivity index (χ0) is 25.2. The molecule has 0 aliphatic carbocycles. The van der Waals surface area contributed by atoms with E-state index >= 15 is 0 Å². The van der Waals surface area contributed by atoms with Gasteiger partial charge in [0, 0.05) is 17.5 Å². The molecule has 5 rings (SSSR count). The third-order valence-electron chi connectivity index (χ3n) is 6.39. The zero-order valence-electron chi connectivity index (χ0n) is 20.9. The van der Waals surface area contributed by atoms with Gasteiger partial charge < -0.3 is 10.1 Å². The minimum atomic E-state index is -0.145. The molecule has 0 spiro atoms. The number of methoxy groups -OCH3 is 1. The molecule has 0 aliphatic rings. The number of aromatic nitrogens is 3. The lowest BCUT2D eigenvalue weighted by atomic mass is 10.0. The molecular weight excluding hydrogens is 448 g/mol. The molecule has 6 heteroatoms. The van der Waals surface area contributed by atoms with Crippen molar-refractivity contribution in [1.82, 2.24) is 20.1 Å². The van der Waals surface area contributed by atoms with E-state index in [0.717, 1.165) is 50.4 Å². The molecule has 0 saturated heterocycles. The third-order valence-corrected chi connectivity index (χ3v) is 6.39. The minimum absolute atomic E-state index is 0.145. The molecule has 1 amide bonds. The van der Waals surface area contributed by atoms with Crippen molar-refractivity contribution in [3.63, 3.8) is 0 Å². The van der Waals surface area contributed by atoms with Crippen LogP contribution in [0.1, 0.15) is 32.7 Å². The van der Waals surface area contributed by atoms with Gasteiger partial charge in [0.15, 0.2) is 0 Å². The number of aryl methyl sites for hydroxylation is 2. The predicted octanol–water partition coefficient (Wildman–Crippen LogP) is 5.95. The van der Waals surface area contributed by atoms with Crippen LogP contribution < -0.4 is 10.1 Å². The van der Waals surface area contributed by atoms with E-state index in [9.17, 15) is 4.79 Å². The Balaban J connectivity index is 1.51. The van der Waals surface area contributed by atoms with E-state index in [1.807, 2.05) is 85.4 Å². The molecule has 0 fully saturated rings. The highest BCUT2D eigenvalue weighted by Crippen LogP contribution is 2.29.